The summed E-state index contributed by atoms with van der Waals surface area (Å²) in [6.45, 7) is 3.47. The monoisotopic (exact) mass is 451 g/mol. The van der Waals surface area contributed by atoms with E-state index in [9.17, 15) is 9.59 Å². The van der Waals surface area contributed by atoms with E-state index in [1.54, 1.807) is 36.4 Å². The molecular weight excluding hydrogens is 426 g/mol. The van der Waals surface area contributed by atoms with E-state index < -0.39 is 6.09 Å². The predicted octanol–water partition coefficient (Wildman–Crippen LogP) is 2.14. The Morgan fingerprint density at radius 3 is 2.94 bits per heavy atom. The summed E-state index contributed by atoms with van der Waals surface area (Å²) >= 11 is 0. The number of fused-ring (bicyclic) bond motifs is 1. The minimum absolute atomic E-state index is 0.103. The predicted molar refractivity (Wildman–Crippen MR) is 121 cm³/mol. The molecule has 172 valence electrons. The van der Waals surface area contributed by atoms with Gasteiger partial charge < -0.3 is 20.5 Å². The number of nitrogens with two attached hydrogens (primary N) is 1. The van der Waals surface area contributed by atoms with Gasteiger partial charge in [0.1, 0.15) is 12.1 Å². The van der Waals surface area contributed by atoms with Crippen LogP contribution in [-0.2, 0) is 20.8 Å². The number of nitrogens with zero attached hydrogens (tertiary/aromatic N) is 5. The van der Waals surface area contributed by atoms with Gasteiger partial charge in [0.25, 0.3) is 0 Å². The molecule has 3 atom stereocenters. The second-order valence-electron chi connectivity index (χ2n) is 8.47. The van der Waals surface area contributed by atoms with E-state index in [1.807, 2.05) is 17.8 Å². The van der Waals surface area contributed by atoms with Crippen LogP contribution >= 0.6 is 0 Å². The van der Waals surface area contributed by atoms with Crippen molar-refractivity contribution in [3.05, 3.63) is 36.2 Å². The molecule has 11 heteroatoms. The number of carbonyl (C=O) groups excluding carboxylic acids is 2. The van der Waals surface area contributed by atoms with Crippen molar-refractivity contribution < 1.29 is 19.1 Å². The summed E-state index contributed by atoms with van der Waals surface area (Å²) in [5.41, 5.74) is 8.72. The van der Waals surface area contributed by atoms with Crippen LogP contribution in [0.25, 0.3) is 10.9 Å². The third-order valence-electron chi connectivity index (χ3n) is 6.05. The molecule has 5 rings (SSSR count). The third kappa shape index (κ3) is 4.07. The highest BCUT2D eigenvalue weighted by molar-refractivity contribution is 6.00. The van der Waals surface area contributed by atoms with Crippen LogP contribution in [0.15, 0.2) is 30.6 Å². The SMILES string of the molecule is COCCn1cc([C@H]2C[C@@H]2C(=O)Nc2cc3cc(N4C(=O)OC[C@@H]4C)cc(N)c3nn2)cn1. The lowest BCUT2D eigenvalue weighted by Gasteiger charge is -2.19. The van der Waals surface area contributed by atoms with E-state index in [-0.39, 0.29) is 23.8 Å². The van der Waals surface area contributed by atoms with Gasteiger partial charge in [0.15, 0.2) is 5.82 Å². The number of methoxy groups -OCH3 is 1. The first-order valence-electron chi connectivity index (χ1n) is 10.8. The van der Waals surface area contributed by atoms with Gasteiger partial charge in [-0.15, -0.1) is 10.2 Å². The first-order valence-corrected chi connectivity index (χ1v) is 10.8. The normalized spacial score (nSPS) is 21.9. The molecule has 1 saturated carbocycles. The van der Waals surface area contributed by atoms with E-state index in [0.29, 0.717) is 47.9 Å². The summed E-state index contributed by atoms with van der Waals surface area (Å²) in [6.07, 6.45) is 4.11. The molecule has 1 aliphatic carbocycles. The van der Waals surface area contributed by atoms with Crippen LogP contribution in [0.2, 0.25) is 0 Å². The van der Waals surface area contributed by atoms with E-state index >= 15 is 0 Å². The summed E-state index contributed by atoms with van der Waals surface area (Å²) in [5, 5.41) is 16.1. The number of aromatic nitrogens is 4. The molecule has 3 aromatic rings. The zero-order chi connectivity index (χ0) is 23.1. The molecule has 2 fully saturated rings. The molecule has 2 aliphatic rings. The van der Waals surface area contributed by atoms with Crippen LogP contribution in [0.4, 0.5) is 22.0 Å². The molecule has 0 unspecified atom stereocenters. The maximum absolute atomic E-state index is 12.8. The highest BCUT2D eigenvalue weighted by atomic mass is 16.6. The maximum Gasteiger partial charge on any atom is 0.414 e. The van der Waals surface area contributed by atoms with Crippen molar-refractivity contribution in [1.82, 2.24) is 20.0 Å². The average molecular weight is 451 g/mol. The van der Waals surface area contributed by atoms with Crippen molar-refractivity contribution in [2.75, 3.05) is 36.3 Å². The van der Waals surface area contributed by atoms with Gasteiger partial charge in [-0.05, 0) is 43.0 Å². The number of nitrogens with one attached hydrogen (secondary N) is 1. The standard InChI is InChI=1S/C22H25N7O4/c1-12-11-33-22(31)29(12)15-5-13-6-19(26-27-20(13)18(23)7-15)25-21(30)17-8-16(17)14-9-24-28(10-14)3-4-32-2/h5-7,9-10,12,16-17H,3-4,8,11,23H2,1-2H3,(H,25,26,30)/t12-,16+,17-/m0/s1. The topological polar surface area (TPSA) is 137 Å². The smallest absolute Gasteiger partial charge is 0.414 e. The molecular formula is C22H25N7O4. The highest BCUT2D eigenvalue weighted by Gasteiger charge is 2.44. The van der Waals surface area contributed by atoms with Gasteiger partial charge in [0.05, 0.1) is 36.8 Å². The van der Waals surface area contributed by atoms with Gasteiger partial charge in [0.2, 0.25) is 5.91 Å². The molecule has 2 aromatic heterocycles. The minimum Gasteiger partial charge on any atom is -0.447 e. The second kappa shape index (κ2) is 8.32. The maximum atomic E-state index is 12.8. The summed E-state index contributed by atoms with van der Waals surface area (Å²) in [7, 11) is 1.65. The van der Waals surface area contributed by atoms with Crippen molar-refractivity contribution in [3.8, 4) is 0 Å². The van der Waals surface area contributed by atoms with Crippen LogP contribution in [0.5, 0.6) is 0 Å². The van der Waals surface area contributed by atoms with Crippen molar-refractivity contribution >= 4 is 40.1 Å². The summed E-state index contributed by atoms with van der Waals surface area (Å²) < 4.78 is 12.0. The van der Waals surface area contributed by atoms with E-state index in [1.165, 1.54) is 0 Å². The third-order valence-corrected chi connectivity index (χ3v) is 6.05. The molecule has 0 spiro atoms. The molecule has 0 bridgehead atoms. The first-order chi connectivity index (χ1) is 15.9. The number of amides is 2. The van der Waals surface area contributed by atoms with Gasteiger partial charge >= 0.3 is 6.09 Å². The molecule has 3 heterocycles. The number of hydrogen-bond acceptors (Lipinski definition) is 8. The number of carbonyl (C=O) groups is 2. The van der Waals surface area contributed by atoms with Crippen LogP contribution < -0.4 is 16.0 Å². The lowest BCUT2D eigenvalue weighted by atomic mass is 10.1. The molecule has 1 saturated heterocycles. The Hall–Kier alpha value is -3.73. The second-order valence-corrected chi connectivity index (χ2v) is 8.47. The summed E-state index contributed by atoms with van der Waals surface area (Å²) in [6, 6.07) is 5.09. The van der Waals surface area contributed by atoms with Gasteiger partial charge in [-0.3, -0.25) is 14.4 Å². The summed E-state index contributed by atoms with van der Waals surface area (Å²) in [5.74, 6) is 0.223. The van der Waals surface area contributed by atoms with Crippen LogP contribution in [0, 0.1) is 5.92 Å². The zero-order valence-corrected chi connectivity index (χ0v) is 18.4. The highest BCUT2D eigenvalue weighted by Crippen LogP contribution is 2.47. The van der Waals surface area contributed by atoms with E-state index in [0.717, 1.165) is 12.0 Å². The Morgan fingerprint density at radius 2 is 2.18 bits per heavy atom. The molecule has 2 amide bonds. The quantitative estimate of drug-likeness (QED) is 0.521. The lowest BCUT2D eigenvalue weighted by molar-refractivity contribution is -0.117. The van der Waals surface area contributed by atoms with Crippen molar-refractivity contribution in [2.24, 2.45) is 5.92 Å². The summed E-state index contributed by atoms with van der Waals surface area (Å²) in [4.78, 5) is 26.4. The molecule has 1 aromatic carbocycles. The number of ether oxygens (including phenoxy) is 2. The zero-order valence-electron chi connectivity index (χ0n) is 18.4. The Kier molecular flexibility index (Phi) is 5.33. The number of cyclic esters (lactones) is 1. The number of anilines is 3. The van der Waals surface area contributed by atoms with E-state index in [4.69, 9.17) is 15.2 Å². The fourth-order valence-corrected chi connectivity index (χ4v) is 4.20. The largest absolute Gasteiger partial charge is 0.447 e. The molecule has 0 radical (unpaired) electrons. The van der Waals surface area contributed by atoms with Gasteiger partial charge in [-0.25, -0.2) is 4.79 Å². The molecule has 33 heavy (non-hydrogen) atoms. The lowest BCUT2D eigenvalue weighted by Crippen LogP contribution is -2.30. The molecule has 3 N–H and O–H groups in total. The van der Waals surface area contributed by atoms with Gasteiger partial charge in [-0.2, -0.15) is 5.10 Å². The van der Waals surface area contributed by atoms with Crippen LogP contribution in [-0.4, -0.2) is 58.3 Å². The molecule has 11 nitrogen and oxygen atoms in total. The number of hydrogen-bond donors (Lipinski definition) is 2. The average Bonchev–Trinajstić information content (AvgIpc) is 3.33. The fraction of sp³-hybridized carbons (Fsp3) is 0.409. The van der Waals surface area contributed by atoms with Crippen LogP contribution in [0.1, 0.15) is 24.8 Å². The Morgan fingerprint density at radius 1 is 1.33 bits per heavy atom. The number of benzene rings is 1. The van der Waals surface area contributed by atoms with Crippen molar-refractivity contribution in [2.45, 2.75) is 31.8 Å². The van der Waals surface area contributed by atoms with Crippen molar-refractivity contribution in [3.63, 3.8) is 0 Å². The number of rotatable bonds is 7. The number of nitrogen functional groups attached to an aromatic ring is 1. The van der Waals surface area contributed by atoms with Gasteiger partial charge in [-0.1, -0.05) is 0 Å². The minimum atomic E-state index is -0.415. The van der Waals surface area contributed by atoms with Crippen LogP contribution in [0.3, 0.4) is 0 Å². The van der Waals surface area contributed by atoms with E-state index in [2.05, 4.69) is 20.6 Å². The Balaban J connectivity index is 1.30. The Labute approximate surface area is 189 Å². The van der Waals surface area contributed by atoms with Crippen molar-refractivity contribution in [1.29, 1.82) is 0 Å². The van der Waals surface area contributed by atoms with Gasteiger partial charge in [0, 0.05) is 24.6 Å². The Bertz CT molecular complexity index is 1230. The molecule has 1 aliphatic heterocycles. The fourth-order valence-electron chi connectivity index (χ4n) is 4.20. The first kappa shape index (κ1) is 21.1.